The largest absolute Gasteiger partial charge is 0.407 e. The van der Waals surface area contributed by atoms with Crippen LogP contribution in [0.5, 0.6) is 0 Å². The van der Waals surface area contributed by atoms with E-state index in [4.69, 9.17) is 13.5 Å². The first-order valence-electron chi connectivity index (χ1n) is 14.5. The molecule has 2 aromatic carbocycles. The molecule has 4 aromatic rings. The smallest absolute Gasteiger partial charge is 0.354 e. The Bertz CT molecular complexity index is 1450. The van der Waals surface area contributed by atoms with Crippen molar-refractivity contribution in [2.45, 2.75) is 72.1 Å². The average Bonchev–Trinajstić information content (AvgIpc) is 3.39. The fourth-order valence-electron chi connectivity index (χ4n) is 5.19. The molecule has 0 fully saturated rings. The molecule has 0 saturated carbocycles. The second-order valence-electron chi connectivity index (χ2n) is 12.1. The molecule has 1 unspecified atom stereocenters. The molecular formula is C32H43N4O4PSi. The van der Waals surface area contributed by atoms with Gasteiger partial charge >= 0.3 is 7.60 Å². The van der Waals surface area contributed by atoms with Gasteiger partial charge in [-0.1, -0.05) is 87.5 Å². The highest BCUT2D eigenvalue weighted by Gasteiger charge is 2.50. The highest BCUT2D eigenvalue weighted by Crippen LogP contribution is 2.52. The molecular weight excluding hydrogens is 563 g/mol. The van der Waals surface area contributed by atoms with Gasteiger partial charge in [0.1, 0.15) is 11.3 Å². The summed E-state index contributed by atoms with van der Waals surface area (Å²) in [7, 11) is -6.33. The van der Waals surface area contributed by atoms with Crippen LogP contribution >= 0.6 is 7.60 Å². The van der Waals surface area contributed by atoms with Crippen molar-refractivity contribution in [3.8, 4) is 0 Å². The van der Waals surface area contributed by atoms with Gasteiger partial charge in [0, 0.05) is 24.8 Å². The number of benzene rings is 2. The van der Waals surface area contributed by atoms with Crippen molar-refractivity contribution in [2.75, 3.05) is 6.61 Å². The fraction of sp³-hybridized carbons (Fsp3) is 0.406. The Labute approximate surface area is 250 Å². The zero-order valence-corrected chi connectivity index (χ0v) is 27.5. The summed E-state index contributed by atoms with van der Waals surface area (Å²) >= 11 is 0. The van der Waals surface area contributed by atoms with Gasteiger partial charge in [-0.15, -0.1) is 0 Å². The van der Waals surface area contributed by atoms with Crippen LogP contribution in [0.3, 0.4) is 0 Å². The fourth-order valence-corrected chi connectivity index (χ4v) is 11.6. The van der Waals surface area contributed by atoms with Crippen LogP contribution < -0.4 is 10.4 Å². The highest BCUT2D eigenvalue weighted by molar-refractivity contribution is 7.57. The molecule has 1 N–H and O–H groups in total. The van der Waals surface area contributed by atoms with Gasteiger partial charge in [0.05, 0.1) is 24.7 Å². The van der Waals surface area contributed by atoms with Crippen LogP contribution in [0.2, 0.25) is 5.04 Å². The lowest BCUT2D eigenvalue weighted by molar-refractivity contribution is 0.149. The van der Waals surface area contributed by atoms with Crippen LogP contribution in [0.15, 0.2) is 85.1 Å². The van der Waals surface area contributed by atoms with E-state index in [-0.39, 0.29) is 23.2 Å². The van der Waals surface area contributed by atoms with E-state index in [1.54, 1.807) is 18.3 Å². The van der Waals surface area contributed by atoms with Crippen molar-refractivity contribution in [3.63, 3.8) is 0 Å². The highest BCUT2D eigenvalue weighted by atomic mass is 31.2. The van der Waals surface area contributed by atoms with Crippen molar-refractivity contribution in [1.29, 1.82) is 0 Å². The van der Waals surface area contributed by atoms with Crippen LogP contribution in [0.25, 0.3) is 11.2 Å². The molecule has 0 aliphatic rings. The van der Waals surface area contributed by atoms with Gasteiger partial charge < -0.3 is 18.5 Å². The lowest BCUT2D eigenvalue weighted by atomic mass is 10.1. The molecule has 2 aromatic heterocycles. The van der Waals surface area contributed by atoms with Crippen LogP contribution in [0, 0.1) is 5.92 Å². The van der Waals surface area contributed by atoms with E-state index in [1.807, 2.05) is 45.9 Å². The second-order valence-corrected chi connectivity index (χ2v) is 18.2. The minimum Gasteiger partial charge on any atom is -0.407 e. The standard InChI is InChI=1S/C32H43N4O4PSi/c1-24(2)39-41(37,40-25(3)4)19-18-26(20-30-33-21-29-31(36-30)35-23-34-29)22-38-42(32(5,6)7,27-14-10-8-11-15-27)28-16-12-9-13-17-28/h8-19,21,23-26H,20,22H2,1-7H3,(H,33,34,35,36). The third-order valence-corrected chi connectivity index (χ3v) is 13.8. The number of imidazole rings is 1. The number of nitrogens with one attached hydrogen (secondary N) is 1. The summed E-state index contributed by atoms with van der Waals surface area (Å²) in [5.74, 6) is 1.99. The predicted molar refractivity (Wildman–Crippen MR) is 172 cm³/mol. The molecule has 8 nitrogen and oxygen atoms in total. The summed E-state index contributed by atoms with van der Waals surface area (Å²) in [5, 5.41) is 2.20. The normalized spacial score (nSPS) is 13.9. The van der Waals surface area contributed by atoms with E-state index in [9.17, 15) is 4.57 Å². The Morgan fingerprint density at radius 2 is 1.48 bits per heavy atom. The molecule has 0 radical (unpaired) electrons. The monoisotopic (exact) mass is 606 g/mol. The summed E-state index contributed by atoms with van der Waals surface area (Å²) in [4.78, 5) is 16.6. The third kappa shape index (κ3) is 7.71. The average molecular weight is 607 g/mol. The molecule has 10 heteroatoms. The van der Waals surface area contributed by atoms with Crippen LogP contribution in [-0.4, -0.2) is 47.1 Å². The number of H-pyrrole nitrogens is 1. The predicted octanol–water partition coefficient (Wildman–Crippen LogP) is 6.65. The molecule has 0 bridgehead atoms. The summed E-state index contributed by atoms with van der Waals surface area (Å²) in [6.07, 6.45) is 5.16. The van der Waals surface area contributed by atoms with Gasteiger partial charge in [0.2, 0.25) is 0 Å². The summed E-state index contributed by atoms with van der Waals surface area (Å²) in [6.45, 7) is 14.5. The van der Waals surface area contributed by atoms with Gasteiger partial charge in [0.15, 0.2) is 5.65 Å². The first-order valence-corrected chi connectivity index (χ1v) is 18.0. The minimum absolute atomic E-state index is 0.189. The van der Waals surface area contributed by atoms with Gasteiger partial charge in [-0.05, 0) is 43.1 Å². The lowest BCUT2D eigenvalue weighted by Gasteiger charge is -2.43. The Morgan fingerprint density at radius 1 is 0.905 bits per heavy atom. The Morgan fingerprint density at radius 3 is 2.00 bits per heavy atom. The molecule has 4 rings (SSSR count). The van der Waals surface area contributed by atoms with Crippen LogP contribution in [0.1, 0.15) is 54.3 Å². The first-order chi connectivity index (χ1) is 19.9. The van der Waals surface area contributed by atoms with Crippen molar-refractivity contribution >= 4 is 37.5 Å². The number of hydrogen-bond donors (Lipinski definition) is 1. The van der Waals surface area contributed by atoms with Crippen molar-refractivity contribution < 1.29 is 18.0 Å². The van der Waals surface area contributed by atoms with E-state index < -0.39 is 15.9 Å². The molecule has 0 aliphatic carbocycles. The number of fused-ring (bicyclic) bond motifs is 1. The van der Waals surface area contributed by atoms with Gasteiger partial charge in [-0.25, -0.2) is 15.0 Å². The molecule has 0 saturated heterocycles. The Hall–Kier alpha value is -2.94. The summed E-state index contributed by atoms with van der Waals surface area (Å²) < 4.78 is 32.6. The Kier molecular flexibility index (Phi) is 10.3. The number of rotatable bonds is 13. The van der Waals surface area contributed by atoms with Crippen molar-refractivity contribution in [1.82, 2.24) is 19.9 Å². The van der Waals surface area contributed by atoms with Gasteiger partial charge in [-0.3, -0.25) is 4.57 Å². The van der Waals surface area contributed by atoms with Crippen LogP contribution in [0.4, 0.5) is 0 Å². The minimum atomic E-state index is -3.52. The summed E-state index contributed by atoms with van der Waals surface area (Å²) in [5.41, 5.74) is 1.38. The number of nitrogens with zero attached hydrogens (tertiary/aromatic N) is 3. The van der Waals surface area contributed by atoms with Crippen molar-refractivity contribution in [3.05, 3.63) is 90.9 Å². The third-order valence-electron chi connectivity index (χ3n) is 6.86. The van der Waals surface area contributed by atoms with E-state index in [0.717, 1.165) is 5.52 Å². The number of aromatic amines is 1. The topological polar surface area (TPSA) is 99.2 Å². The summed E-state index contributed by atoms with van der Waals surface area (Å²) in [6, 6.07) is 21.0. The molecule has 0 spiro atoms. The first kappa shape index (κ1) is 32.0. The van der Waals surface area contributed by atoms with E-state index in [2.05, 4.69) is 89.2 Å². The molecule has 0 aliphatic heterocycles. The molecule has 1 atom stereocenters. The zero-order chi connectivity index (χ0) is 30.4. The van der Waals surface area contributed by atoms with E-state index >= 15 is 0 Å². The van der Waals surface area contributed by atoms with Gasteiger partial charge in [-0.2, -0.15) is 0 Å². The molecule has 0 amide bonds. The lowest BCUT2D eigenvalue weighted by Crippen LogP contribution is -2.66. The molecule has 224 valence electrons. The van der Waals surface area contributed by atoms with Crippen LogP contribution in [-0.2, 0) is 24.5 Å². The number of aromatic nitrogens is 4. The SMILES string of the molecule is CC(C)OP(=O)(C=CC(CO[Si](c1ccccc1)(c1ccccc1)C(C)(C)C)Cc1ncc2[nH]cnc2n1)OC(C)C. The maximum atomic E-state index is 13.7. The maximum absolute atomic E-state index is 13.7. The number of hydrogen-bond acceptors (Lipinski definition) is 7. The maximum Gasteiger partial charge on any atom is 0.354 e. The van der Waals surface area contributed by atoms with E-state index in [1.165, 1.54) is 10.4 Å². The van der Waals surface area contributed by atoms with Crippen molar-refractivity contribution in [2.24, 2.45) is 5.92 Å². The molecule has 42 heavy (non-hydrogen) atoms. The van der Waals surface area contributed by atoms with Gasteiger partial charge in [0.25, 0.3) is 8.32 Å². The van der Waals surface area contributed by atoms with E-state index in [0.29, 0.717) is 24.5 Å². The Balaban J connectivity index is 1.75. The zero-order valence-electron chi connectivity index (χ0n) is 25.7. The quantitative estimate of drug-likeness (QED) is 0.134. The molecule has 2 heterocycles. The second kappa shape index (κ2) is 13.6.